The average molecular weight is 478 g/mol. The van der Waals surface area contributed by atoms with Crippen LogP contribution in [0.15, 0.2) is 34.2 Å². The molecule has 0 aliphatic heterocycles. The van der Waals surface area contributed by atoms with E-state index in [1.807, 2.05) is 0 Å². The molecule has 3 rings (SSSR count). The van der Waals surface area contributed by atoms with Crippen molar-refractivity contribution < 1.29 is 14.3 Å². The van der Waals surface area contributed by atoms with E-state index >= 15 is 0 Å². The second-order valence-corrected chi connectivity index (χ2v) is 8.69. The Labute approximate surface area is 194 Å². The van der Waals surface area contributed by atoms with Gasteiger partial charge in [-0.2, -0.15) is 9.97 Å². The molecule has 170 valence electrons. The van der Waals surface area contributed by atoms with Crippen LogP contribution < -0.4 is 20.3 Å². The van der Waals surface area contributed by atoms with Gasteiger partial charge >= 0.3 is 0 Å². The molecule has 0 unspecified atom stereocenters. The number of fused-ring (bicyclic) bond motifs is 1. The Morgan fingerprint density at radius 2 is 1.84 bits per heavy atom. The molecule has 2 heterocycles. The van der Waals surface area contributed by atoms with Crippen molar-refractivity contribution in [3.63, 3.8) is 0 Å². The van der Waals surface area contributed by atoms with E-state index in [0.29, 0.717) is 33.5 Å². The number of nitrogens with zero attached hydrogens (tertiary/aromatic N) is 4. The molecule has 2 aromatic heterocycles. The molecule has 0 atom stereocenters. The molecule has 11 heteroatoms. The maximum absolute atomic E-state index is 13.1. The minimum absolute atomic E-state index is 0.00305. The van der Waals surface area contributed by atoms with Crippen LogP contribution in [-0.4, -0.2) is 45.4 Å². The zero-order chi connectivity index (χ0) is 23.3. The number of hydrogen-bond acceptors (Lipinski definition) is 8. The predicted octanol–water partition coefficient (Wildman–Crippen LogP) is 3.63. The Bertz CT molecular complexity index is 1160. The summed E-state index contributed by atoms with van der Waals surface area (Å²) in [7, 11) is 2.91. The second kappa shape index (κ2) is 10.6. The molecule has 0 aliphatic rings. The first-order chi connectivity index (χ1) is 15.3. The molecule has 0 saturated heterocycles. The molecule has 0 fully saturated rings. The fraction of sp³-hybridized carbons (Fsp3) is 0.381. The molecule has 0 bridgehead atoms. The van der Waals surface area contributed by atoms with E-state index in [4.69, 9.17) is 21.1 Å². The Morgan fingerprint density at radius 3 is 2.47 bits per heavy atom. The zero-order valence-corrected chi connectivity index (χ0v) is 19.8. The summed E-state index contributed by atoms with van der Waals surface area (Å²) in [6.07, 6.45) is 0.803. The number of rotatable bonds is 9. The minimum Gasteiger partial charge on any atom is -0.481 e. The molecular formula is C21H24ClN5O4S. The third kappa shape index (κ3) is 5.89. The molecule has 32 heavy (non-hydrogen) atoms. The number of methoxy groups -OCH3 is 2. The molecule has 9 nitrogen and oxygen atoms in total. The SMILES string of the molecule is COc1cc(OC)nc(NC(=O)CSc2nc3cc(Cl)ccc3c(=O)n2CCC(C)C)n1. The van der Waals surface area contributed by atoms with Crippen molar-refractivity contribution in [1.29, 1.82) is 0 Å². The molecule has 1 N–H and O–H groups in total. The number of carbonyl (C=O) groups is 1. The van der Waals surface area contributed by atoms with Gasteiger partial charge in [-0.25, -0.2) is 4.98 Å². The number of carbonyl (C=O) groups excluding carboxylic acids is 1. The lowest BCUT2D eigenvalue weighted by molar-refractivity contribution is -0.113. The highest BCUT2D eigenvalue weighted by Gasteiger charge is 2.15. The van der Waals surface area contributed by atoms with Crippen LogP contribution in [0.2, 0.25) is 5.02 Å². The van der Waals surface area contributed by atoms with Crippen LogP contribution >= 0.6 is 23.4 Å². The largest absolute Gasteiger partial charge is 0.481 e. The molecule has 1 aromatic carbocycles. The summed E-state index contributed by atoms with van der Waals surface area (Å²) in [5.74, 6) is 0.627. The number of halogens is 1. The quantitative estimate of drug-likeness (QED) is 0.367. The molecule has 0 saturated carbocycles. The molecule has 1 amide bonds. The fourth-order valence-corrected chi connectivity index (χ4v) is 3.82. The smallest absolute Gasteiger partial charge is 0.262 e. The Hall–Kier alpha value is -2.85. The Kier molecular flexibility index (Phi) is 7.92. The number of hydrogen-bond donors (Lipinski definition) is 1. The van der Waals surface area contributed by atoms with E-state index in [1.54, 1.807) is 22.8 Å². The van der Waals surface area contributed by atoms with Crippen molar-refractivity contribution in [3.05, 3.63) is 39.6 Å². The van der Waals surface area contributed by atoms with E-state index < -0.39 is 0 Å². The second-order valence-electron chi connectivity index (χ2n) is 7.31. The normalized spacial score (nSPS) is 11.1. The maximum atomic E-state index is 13.1. The number of anilines is 1. The van der Waals surface area contributed by atoms with Gasteiger partial charge in [-0.15, -0.1) is 0 Å². The van der Waals surface area contributed by atoms with Gasteiger partial charge in [0.1, 0.15) is 0 Å². The van der Waals surface area contributed by atoms with Gasteiger partial charge in [0.15, 0.2) is 5.16 Å². The van der Waals surface area contributed by atoms with Crippen molar-refractivity contribution in [2.45, 2.75) is 32.0 Å². The highest BCUT2D eigenvalue weighted by Crippen LogP contribution is 2.22. The summed E-state index contributed by atoms with van der Waals surface area (Å²) in [5, 5.41) is 4.04. The minimum atomic E-state index is -0.360. The molecule has 3 aromatic rings. The highest BCUT2D eigenvalue weighted by molar-refractivity contribution is 7.99. The van der Waals surface area contributed by atoms with Crippen LogP contribution in [0.4, 0.5) is 5.95 Å². The van der Waals surface area contributed by atoms with Gasteiger partial charge in [0.25, 0.3) is 5.56 Å². The number of amides is 1. The number of ether oxygens (including phenoxy) is 2. The number of thioether (sulfide) groups is 1. The van der Waals surface area contributed by atoms with Gasteiger partial charge in [0.2, 0.25) is 23.6 Å². The van der Waals surface area contributed by atoms with E-state index in [1.165, 1.54) is 20.3 Å². The van der Waals surface area contributed by atoms with Crippen LogP contribution in [0.25, 0.3) is 10.9 Å². The van der Waals surface area contributed by atoms with Gasteiger partial charge in [-0.1, -0.05) is 37.2 Å². The van der Waals surface area contributed by atoms with Crippen LogP contribution in [0, 0.1) is 5.92 Å². The fourth-order valence-electron chi connectivity index (χ4n) is 2.83. The Morgan fingerprint density at radius 1 is 1.16 bits per heavy atom. The molecule has 0 aliphatic carbocycles. The van der Waals surface area contributed by atoms with Crippen molar-refractivity contribution in [2.24, 2.45) is 5.92 Å². The third-order valence-electron chi connectivity index (χ3n) is 4.49. The van der Waals surface area contributed by atoms with Crippen molar-refractivity contribution in [1.82, 2.24) is 19.5 Å². The predicted molar refractivity (Wildman–Crippen MR) is 125 cm³/mol. The lowest BCUT2D eigenvalue weighted by Gasteiger charge is -2.14. The van der Waals surface area contributed by atoms with Crippen LogP contribution in [0.3, 0.4) is 0 Å². The number of aromatic nitrogens is 4. The first-order valence-corrected chi connectivity index (χ1v) is 11.3. The summed E-state index contributed by atoms with van der Waals surface area (Å²) in [6, 6.07) is 6.49. The molecule has 0 spiro atoms. The van der Waals surface area contributed by atoms with Gasteiger partial charge in [-0.05, 0) is 30.5 Å². The lowest BCUT2D eigenvalue weighted by Crippen LogP contribution is -2.25. The van der Waals surface area contributed by atoms with Gasteiger partial charge < -0.3 is 9.47 Å². The summed E-state index contributed by atoms with van der Waals surface area (Å²) in [4.78, 5) is 38.4. The summed E-state index contributed by atoms with van der Waals surface area (Å²) in [5.41, 5.74) is 0.336. The van der Waals surface area contributed by atoms with E-state index in [0.717, 1.165) is 18.2 Å². The van der Waals surface area contributed by atoms with Gasteiger partial charge in [0.05, 0.1) is 36.9 Å². The van der Waals surface area contributed by atoms with E-state index in [-0.39, 0.29) is 34.9 Å². The van der Waals surface area contributed by atoms with Crippen LogP contribution in [0.1, 0.15) is 20.3 Å². The van der Waals surface area contributed by atoms with Crippen molar-refractivity contribution in [3.8, 4) is 11.8 Å². The maximum Gasteiger partial charge on any atom is 0.262 e. The van der Waals surface area contributed by atoms with Crippen LogP contribution in [0.5, 0.6) is 11.8 Å². The van der Waals surface area contributed by atoms with Gasteiger partial charge in [0, 0.05) is 11.6 Å². The van der Waals surface area contributed by atoms with Crippen molar-refractivity contribution in [2.75, 3.05) is 25.3 Å². The first-order valence-electron chi connectivity index (χ1n) is 9.90. The summed E-state index contributed by atoms with van der Waals surface area (Å²) >= 11 is 7.24. The third-order valence-corrected chi connectivity index (χ3v) is 5.70. The number of benzene rings is 1. The Balaban J connectivity index is 1.83. The number of nitrogens with one attached hydrogen (secondary N) is 1. The van der Waals surface area contributed by atoms with E-state index in [2.05, 4.69) is 34.1 Å². The zero-order valence-electron chi connectivity index (χ0n) is 18.2. The molecular weight excluding hydrogens is 454 g/mol. The van der Waals surface area contributed by atoms with Gasteiger partial charge in [-0.3, -0.25) is 19.5 Å². The highest BCUT2D eigenvalue weighted by atomic mass is 35.5. The monoisotopic (exact) mass is 477 g/mol. The topological polar surface area (TPSA) is 108 Å². The van der Waals surface area contributed by atoms with Crippen molar-refractivity contribution >= 4 is 46.1 Å². The lowest BCUT2D eigenvalue weighted by atomic mass is 10.1. The molecule has 0 radical (unpaired) electrons. The van der Waals surface area contributed by atoms with Crippen LogP contribution in [-0.2, 0) is 11.3 Å². The average Bonchev–Trinajstić information content (AvgIpc) is 2.76. The first kappa shape index (κ1) is 23.8. The summed E-state index contributed by atoms with van der Waals surface area (Å²) in [6.45, 7) is 4.67. The summed E-state index contributed by atoms with van der Waals surface area (Å²) < 4.78 is 11.8. The van der Waals surface area contributed by atoms with E-state index in [9.17, 15) is 9.59 Å². The standard InChI is InChI=1S/C21H24ClN5O4S/c1-12(2)7-8-27-19(29)14-6-5-13(22)9-15(14)23-21(27)32-11-16(28)24-20-25-17(30-3)10-18(26-20)31-4/h5-6,9-10,12H,7-8,11H2,1-4H3,(H,24,25,26,28).